The Bertz CT molecular complexity index is 592. The fourth-order valence-electron chi connectivity index (χ4n) is 2.09. The molecule has 1 aromatic heterocycles. The number of methoxy groups -OCH3 is 1. The first-order valence-electron chi connectivity index (χ1n) is 6.34. The normalized spacial score (nSPS) is 12.2. The van der Waals surface area contributed by atoms with E-state index in [-0.39, 0.29) is 11.9 Å². The number of hydrogen-bond acceptors (Lipinski definition) is 3. The van der Waals surface area contributed by atoms with Gasteiger partial charge in [-0.25, -0.2) is 4.39 Å². The van der Waals surface area contributed by atoms with Crippen molar-refractivity contribution in [3.8, 4) is 5.75 Å². The highest BCUT2D eigenvalue weighted by molar-refractivity contribution is 9.10. The summed E-state index contributed by atoms with van der Waals surface area (Å²) in [4.78, 5) is 4.35. The number of pyridine rings is 1. The third-order valence-electron chi connectivity index (χ3n) is 2.97. The van der Waals surface area contributed by atoms with E-state index in [2.05, 4.69) is 26.2 Å². The van der Waals surface area contributed by atoms with E-state index >= 15 is 0 Å². The summed E-state index contributed by atoms with van der Waals surface area (Å²) in [5.74, 6) is 0.365. The number of nitrogens with one attached hydrogen (secondary N) is 1. The van der Waals surface area contributed by atoms with Crippen LogP contribution in [-0.2, 0) is 0 Å². The Morgan fingerprint density at radius 3 is 2.90 bits per heavy atom. The summed E-state index contributed by atoms with van der Waals surface area (Å²) in [5, 5.41) is 3.25. The highest BCUT2D eigenvalue weighted by Crippen LogP contribution is 2.30. The van der Waals surface area contributed by atoms with E-state index in [1.165, 1.54) is 6.07 Å². The lowest BCUT2D eigenvalue weighted by molar-refractivity contribution is 0.399. The lowest BCUT2D eigenvalue weighted by Crippen LogP contribution is -2.24. The molecule has 2 aromatic rings. The molecule has 0 saturated heterocycles. The van der Waals surface area contributed by atoms with Crippen LogP contribution in [0, 0.1) is 5.82 Å². The van der Waals surface area contributed by atoms with Crippen molar-refractivity contribution in [1.29, 1.82) is 0 Å². The van der Waals surface area contributed by atoms with Gasteiger partial charge in [0.15, 0.2) is 0 Å². The SMILES string of the molecule is CCNC(c1cc(Br)ccc1F)c1ncccc1OC. The number of nitrogens with zero attached hydrogens (tertiary/aromatic N) is 1. The van der Waals surface area contributed by atoms with Crippen molar-refractivity contribution in [3.63, 3.8) is 0 Å². The molecule has 1 aromatic carbocycles. The van der Waals surface area contributed by atoms with Gasteiger partial charge < -0.3 is 10.1 Å². The van der Waals surface area contributed by atoms with Gasteiger partial charge in [-0.3, -0.25) is 4.98 Å². The molecule has 0 saturated carbocycles. The van der Waals surface area contributed by atoms with E-state index in [1.54, 1.807) is 31.5 Å². The van der Waals surface area contributed by atoms with Crippen LogP contribution in [0.1, 0.15) is 24.2 Å². The third kappa shape index (κ3) is 3.16. The molecule has 0 amide bonds. The minimum Gasteiger partial charge on any atom is -0.495 e. The quantitative estimate of drug-likeness (QED) is 0.902. The summed E-state index contributed by atoms with van der Waals surface area (Å²) >= 11 is 3.38. The van der Waals surface area contributed by atoms with Gasteiger partial charge in [-0.15, -0.1) is 0 Å². The number of benzene rings is 1. The highest BCUT2D eigenvalue weighted by Gasteiger charge is 2.22. The molecule has 0 aliphatic heterocycles. The van der Waals surface area contributed by atoms with Crippen LogP contribution in [0.4, 0.5) is 4.39 Å². The van der Waals surface area contributed by atoms with Gasteiger partial charge in [0, 0.05) is 16.2 Å². The Kier molecular flexibility index (Phi) is 5.09. The molecule has 0 aliphatic rings. The van der Waals surface area contributed by atoms with E-state index < -0.39 is 0 Å². The fourth-order valence-corrected chi connectivity index (χ4v) is 2.46. The monoisotopic (exact) mass is 338 g/mol. The molecule has 1 N–H and O–H groups in total. The van der Waals surface area contributed by atoms with Crippen LogP contribution in [0.2, 0.25) is 0 Å². The van der Waals surface area contributed by atoms with E-state index in [9.17, 15) is 4.39 Å². The molecule has 106 valence electrons. The number of ether oxygens (including phenoxy) is 1. The lowest BCUT2D eigenvalue weighted by atomic mass is 10.0. The average Bonchev–Trinajstić information content (AvgIpc) is 2.47. The van der Waals surface area contributed by atoms with Gasteiger partial charge in [0.2, 0.25) is 0 Å². The molecule has 0 spiro atoms. The molecule has 1 unspecified atom stereocenters. The van der Waals surface area contributed by atoms with Crippen molar-refractivity contribution in [2.24, 2.45) is 0 Å². The zero-order valence-electron chi connectivity index (χ0n) is 11.4. The fraction of sp³-hybridized carbons (Fsp3) is 0.267. The van der Waals surface area contributed by atoms with Crippen molar-refractivity contribution in [1.82, 2.24) is 10.3 Å². The second kappa shape index (κ2) is 6.81. The molecule has 1 atom stereocenters. The number of hydrogen-bond donors (Lipinski definition) is 1. The maximum Gasteiger partial charge on any atom is 0.142 e. The molecule has 1 heterocycles. The number of aromatic nitrogens is 1. The first-order valence-corrected chi connectivity index (χ1v) is 7.14. The average molecular weight is 339 g/mol. The van der Waals surface area contributed by atoms with Crippen molar-refractivity contribution < 1.29 is 9.13 Å². The van der Waals surface area contributed by atoms with Crippen molar-refractivity contribution in [2.75, 3.05) is 13.7 Å². The molecule has 0 aliphatic carbocycles. The zero-order valence-corrected chi connectivity index (χ0v) is 12.9. The summed E-state index contributed by atoms with van der Waals surface area (Å²) in [7, 11) is 1.58. The number of rotatable bonds is 5. The minimum absolute atomic E-state index is 0.271. The van der Waals surface area contributed by atoms with Gasteiger partial charge >= 0.3 is 0 Å². The van der Waals surface area contributed by atoms with E-state index in [0.717, 1.165) is 4.47 Å². The Morgan fingerprint density at radius 2 is 2.20 bits per heavy atom. The molecular weight excluding hydrogens is 323 g/mol. The molecule has 0 fully saturated rings. The zero-order chi connectivity index (χ0) is 14.5. The van der Waals surface area contributed by atoms with Crippen LogP contribution in [0.5, 0.6) is 5.75 Å². The van der Waals surface area contributed by atoms with Crippen LogP contribution in [0.15, 0.2) is 41.0 Å². The summed E-state index contributed by atoms with van der Waals surface area (Å²) in [5.41, 5.74) is 1.21. The lowest BCUT2D eigenvalue weighted by Gasteiger charge is -2.20. The largest absolute Gasteiger partial charge is 0.495 e. The Labute approximate surface area is 126 Å². The van der Waals surface area contributed by atoms with Crippen LogP contribution in [0.25, 0.3) is 0 Å². The maximum absolute atomic E-state index is 14.1. The smallest absolute Gasteiger partial charge is 0.142 e. The molecule has 5 heteroatoms. The summed E-state index contributed by atoms with van der Waals surface area (Å²) in [6.07, 6.45) is 1.68. The van der Waals surface area contributed by atoms with Crippen molar-refractivity contribution in [3.05, 3.63) is 58.1 Å². The van der Waals surface area contributed by atoms with E-state index in [0.29, 0.717) is 23.6 Å². The van der Waals surface area contributed by atoms with Crippen LogP contribution < -0.4 is 10.1 Å². The van der Waals surface area contributed by atoms with E-state index in [4.69, 9.17) is 4.74 Å². The van der Waals surface area contributed by atoms with Gasteiger partial charge in [-0.1, -0.05) is 22.9 Å². The second-order valence-corrected chi connectivity index (χ2v) is 5.16. The topological polar surface area (TPSA) is 34.2 Å². The highest BCUT2D eigenvalue weighted by atomic mass is 79.9. The summed E-state index contributed by atoms with van der Waals surface area (Å²) in [6, 6.07) is 8.15. The molecule has 0 radical (unpaired) electrons. The summed E-state index contributed by atoms with van der Waals surface area (Å²) in [6.45, 7) is 2.66. The van der Waals surface area contributed by atoms with E-state index in [1.807, 2.05) is 13.0 Å². The molecule has 3 nitrogen and oxygen atoms in total. The first kappa shape index (κ1) is 14.9. The van der Waals surface area contributed by atoms with Gasteiger partial charge in [0.05, 0.1) is 13.2 Å². The molecule has 20 heavy (non-hydrogen) atoms. The minimum atomic E-state index is -0.353. The maximum atomic E-state index is 14.1. The molecular formula is C15H16BrFN2O. The van der Waals surface area contributed by atoms with Gasteiger partial charge in [0.1, 0.15) is 17.3 Å². The third-order valence-corrected chi connectivity index (χ3v) is 3.46. The molecule has 0 bridgehead atoms. The van der Waals surface area contributed by atoms with Crippen molar-refractivity contribution >= 4 is 15.9 Å². The Balaban J connectivity index is 2.53. The number of halogens is 2. The van der Waals surface area contributed by atoms with Crippen molar-refractivity contribution in [2.45, 2.75) is 13.0 Å². The predicted molar refractivity (Wildman–Crippen MR) is 80.4 cm³/mol. The van der Waals surface area contributed by atoms with Gasteiger partial charge in [-0.05, 0) is 36.9 Å². The second-order valence-electron chi connectivity index (χ2n) is 4.25. The standard InChI is InChI=1S/C15H16BrFN2O/c1-3-18-14(11-9-10(16)6-7-12(11)17)15-13(20-2)5-4-8-19-15/h4-9,14,18H,3H2,1-2H3. The molecule has 2 rings (SSSR count). The Morgan fingerprint density at radius 1 is 1.40 bits per heavy atom. The van der Waals surface area contributed by atoms with Crippen LogP contribution >= 0.6 is 15.9 Å². The predicted octanol–water partition coefficient (Wildman–Crippen LogP) is 3.69. The summed E-state index contributed by atoms with van der Waals surface area (Å²) < 4.78 is 20.3. The first-order chi connectivity index (χ1) is 9.67. The van der Waals surface area contributed by atoms with Crippen LogP contribution in [0.3, 0.4) is 0 Å². The Hall–Kier alpha value is -1.46. The van der Waals surface area contributed by atoms with Gasteiger partial charge in [0.25, 0.3) is 0 Å². The van der Waals surface area contributed by atoms with Crippen LogP contribution in [-0.4, -0.2) is 18.6 Å². The van der Waals surface area contributed by atoms with Gasteiger partial charge in [-0.2, -0.15) is 0 Å².